The van der Waals surface area contributed by atoms with Gasteiger partial charge in [-0.2, -0.15) is 0 Å². The first-order chi connectivity index (χ1) is 9.56. The van der Waals surface area contributed by atoms with Crippen LogP contribution in [0.1, 0.15) is 18.3 Å². The van der Waals surface area contributed by atoms with E-state index in [0.717, 1.165) is 31.0 Å². The molecule has 1 atom stereocenters. The van der Waals surface area contributed by atoms with Crippen molar-refractivity contribution >= 4 is 16.6 Å². The molecule has 106 valence electrons. The maximum atomic E-state index is 4.62. The van der Waals surface area contributed by atoms with Crippen LogP contribution >= 0.6 is 0 Å². The van der Waals surface area contributed by atoms with Crippen molar-refractivity contribution in [2.24, 2.45) is 0 Å². The van der Waals surface area contributed by atoms with Gasteiger partial charge in [-0.15, -0.1) is 0 Å². The Bertz CT molecular complexity index is 638. The highest BCUT2D eigenvalue weighted by Gasteiger charge is 2.22. The van der Waals surface area contributed by atoms with Crippen molar-refractivity contribution in [2.75, 3.05) is 31.6 Å². The molecule has 4 nitrogen and oxygen atoms in total. The van der Waals surface area contributed by atoms with E-state index in [0.29, 0.717) is 6.04 Å². The van der Waals surface area contributed by atoms with E-state index in [4.69, 9.17) is 0 Å². The molecule has 1 unspecified atom stereocenters. The molecule has 2 aromatic rings. The van der Waals surface area contributed by atoms with Crippen LogP contribution in [0.15, 0.2) is 18.3 Å². The molecule has 4 heteroatoms. The lowest BCUT2D eigenvalue weighted by Gasteiger charge is -2.39. The van der Waals surface area contributed by atoms with Gasteiger partial charge >= 0.3 is 0 Å². The molecule has 1 fully saturated rings. The fourth-order valence-electron chi connectivity index (χ4n) is 2.87. The Balaban J connectivity index is 2.06. The van der Waals surface area contributed by atoms with Gasteiger partial charge in [-0.1, -0.05) is 6.07 Å². The van der Waals surface area contributed by atoms with Crippen molar-refractivity contribution in [1.82, 2.24) is 14.9 Å². The molecule has 0 N–H and O–H groups in total. The minimum Gasteiger partial charge on any atom is -0.368 e. The number of aromatic nitrogens is 2. The molecule has 0 aliphatic carbocycles. The Morgan fingerprint density at radius 1 is 1.20 bits per heavy atom. The number of aryl methyl sites for hydroxylation is 2. The summed E-state index contributed by atoms with van der Waals surface area (Å²) in [5.74, 6) is 0.837. The molecule has 0 spiro atoms. The van der Waals surface area contributed by atoms with Crippen LogP contribution in [0.5, 0.6) is 0 Å². The quantitative estimate of drug-likeness (QED) is 0.796. The molecule has 2 heterocycles. The van der Waals surface area contributed by atoms with Crippen LogP contribution in [0.4, 0.5) is 5.69 Å². The molecule has 3 rings (SSSR count). The van der Waals surface area contributed by atoms with E-state index in [-0.39, 0.29) is 0 Å². The predicted octanol–water partition coefficient (Wildman–Crippen LogP) is 2.39. The molecule has 0 bridgehead atoms. The maximum absolute atomic E-state index is 4.62. The van der Waals surface area contributed by atoms with Crippen LogP contribution in [-0.4, -0.2) is 47.6 Å². The van der Waals surface area contributed by atoms with E-state index in [1.54, 1.807) is 0 Å². The van der Waals surface area contributed by atoms with Crippen LogP contribution in [0, 0.1) is 13.8 Å². The number of benzene rings is 1. The van der Waals surface area contributed by atoms with Crippen molar-refractivity contribution in [3.63, 3.8) is 0 Å². The van der Waals surface area contributed by atoms with Crippen LogP contribution in [0.3, 0.4) is 0 Å². The predicted molar refractivity (Wildman–Crippen MR) is 83.3 cm³/mol. The highest BCUT2D eigenvalue weighted by molar-refractivity contribution is 5.93. The normalized spacial score (nSPS) is 20.6. The number of nitrogens with zero attached hydrogens (tertiary/aromatic N) is 4. The summed E-state index contributed by atoms with van der Waals surface area (Å²) in [4.78, 5) is 13.9. The van der Waals surface area contributed by atoms with Gasteiger partial charge in [0.25, 0.3) is 0 Å². The summed E-state index contributed by atoms with van der Waals surface area (Å²) in [6, 6.07) is 4.97. The number of hydrogen-bond acceptors (Lipinski definition) is 4. The van der Waals surface area contributed by atoms with Gasteiger partial charge < -0.3 is 9.80 Å². The summed E-state index contributed by atoms with van der Waals surface area (Å²) in [5, 5.41) is 1.17. The molecular weight excluding hydrogens is 248 g/mol. The molecule has 1 aromatic carbocycles. The Labute approximate surface area is 120 Å². The van der Waals surface area contributed by atoms with E-state index < -0.39 is 0 Å². The van der Waals surface area contributed by atoms with E-state index in [1.807, 2.05) is 13.1 Å². The first kappa shape index (κ1) is 13.3. The highest BCUT2D eigenvalue weighted by atomic mass is 15.3. The lowest BCUT2D eigenvalue weighted by atomic mass is 10.1. The van der Waals surface area contributed by atoms with Crippen molar-refractivity contribution in [2.45, 2.75) is 26.8 Å². The highest BCUT2D eigenvalue weighted by Crippen LogP contribution is 2.29. The summed E-state index contributed by atoms with van der Waals surface area (Å²) >= 11 is 0. The second-order valence-corrected chi connectivity index (χ2v) is 5.86. The third kappa shape index (κ3) is 2.24. The fraction of sp³-hybridized carbons (Fsp3) is 0.500. The molecule has 20 heavy (non-hydrogen) atoms. The molecule has 1 aromatic heterocycles. The summed E-state index contributed by atoms with van der Waals surface area (Å²) in [6.45, 7) is 9.57. The monoisotopic (exact) mass is 270 g/mol. The molecule has 1 aliphatic heterocycles. The van der Waals surface area contributed by atoms with Crippen LogP contribution in [0.2, 0.25) is 0 Å². The molecular formula is C16H22N4. The third-order valence-corrected chi connectivity index (χ3v) is 4.35. The maximum Gasteiger partial charge on any atom is 0.125 e. The summed E-state index contributed by atoms with van der Waals surface area (Å²) in [5.41, 5.74) is 3.57. The van der Waals surface area contributed by atoms with Gasteiger partial charge in [0, 0.05) is 42.9 Å². The summed E-state index contributed by atoms with van der Waals surface area (Å²) in [7, 11) is 2.20. The molecule has 1 saturated heterocycles. The zero-order valence-electron chi connectivity index (χ0n) is 12.7. The lowest BCUT2D eigenvalue weighted by molar-refractivity contribution is 0.234. The molecule has 0 radical (unpaired) electrons. The number of fused-ring (bicyclic) bond motifs is 1. The topological polar surface area (TPSA) is 32.3 Å². The van der Waals surface area contributed by atoms with Crippen molar-refractivity contribution < 1.29 is 0 Å². The van der Waals surface area contributed by atoms with Gasteiger partial charge in [-0.05, 0) is 39.4 Å². The van der Waals surface area contributed by atoms with E-state index >= 15 is 0 Å². The fourth-order valence-corrected chi connectivity index (χ4v) is 2.87. The van der Waals surface area contributed by atoms with E-state index in [1.165, 1.54) is 16.6 Å². The van der Waals surface area contributed by atoms with Crippen LogP contribution in [-0.2, 0) is 0 Å². The van der Waals surface area contributed by atoms with Crippen LogP contribution in [0.25, 0.3) is 10.9 Å². The Kier molecular flexibility index (Phi) is 3.34. The van der Waals surface area contributed by atoms with E-state index in [9.17, 15) is 0 Å². The number of rotatable bonds is 1. The number of anilines is 1. The average Bonchev–Trinajstić information content (AvgIpc) is 2.43. The van der Waals surface area contributed by atoms with Gasteiger partial charge in [-0.3, -0.25) is 0 Å². The zero-order chi connectivity index (χ0) is 14.3. The third-order valence-electron chi connectivity index (χ3n) is 4.35. The van der Waals surface area contributed by atoms with Gasteiger partial charge in [0.05, 0.1) is 5.52 Å². The van der Waals surface area contributed by atoms with Gasteiger partial charge in [0.1, 0.15) is 5.82 Å². The van der Waals surface area contributed by atoms with Crippen molar-refractivity contribution in [3.05, 3.63) is 29.7 Å². The first-order valence-corrected chi connectivity index (χ1v) is 7.24. The minimum absolute atomic E-state index is 0.575. The number of hydrogen-bond donors (Lipinski definition) is 0. The average molecular weight is 270 g/mol. The summed E-state index contributed by atoms with van der Waals surface area (Å²) < 4.78 is 0. The molecule has 0 amide bonds. The van der Waals surface area contributed by atoms with Crippen molar-refractivity contribution in [1.29, 1.82) is 0 Å². The number of likely N-dealkylation sites (N-methyl/N-ethyl adjacent to an activating group) is 1. The lowest BCUT2D eigenvalue weighted by Crippen LogP contribution is -2.50. The van der Waals surface area contributed by atoms with Crippen LogP contribution < -0.4 is 4.90 Å². The Morgan fingerprint density at radius 2 is 2.00 bits per heavy atom. The molecule has 1 aliphatic rings. The van der Waals surface area contributed by atoms with E-state index in [2.05, 4.69) is 52.8 Å². The van der Waals surface area contributed by atoms with Gasteiger partial charge in [0.15, 0.2) is 0 Å². The smallest absolute Gasteiger partial charge is 0.125 e. The van der Waals surface area contributed by atoms with Gasteiger partial charge in [-0.25, -0.2) is 9.97 Å². The largest absolute Gasteiger partial charge is 0.368 e. The minimum atomic E-state index is 0.575. The van der Waals surface area contributed by atoms with Gasteiger partial charge in [0.2, 0.25) is 0 Å². The van der Waals surface area contributed by atoms with Crippen molar-refractivity contribution in [3.8, 4) is 0 Å². The Hall–Kier alpha value is -1.68. The SMILES string of the molecule is Cc1ncc2c(N3CCN(C)C(C)C3)ccc(C)c2n1. The summed E-state index contributed by atoms with van der Waals surface area (Å²) in [6.07, 6.45) is 1.98. The zero-order valence-corrected chi connectivity index (χ0v) is 12.7. The Morgan fingerprint density at radius 3 is 2.75 bits per heavy atom. The second kappa shape index (κ2) is 5.02. The number of piperazine rings is 1. The standard InChI is InChI=1S/C16H22N4/c1-11-5-6-15(14-9-17-13(3)18-16(11)14)20-8-7-19(4)12(2)10-20/h5-6,9,12H,7-8,10H2,1-4H3. The first-order valence-electron chi connectivity index (χ1n) is 7.24. The molecule has 0 saturated carbocycles. The second-order valence-electron chi connectivity index (χ2n) is 5.86.